The van der Waals surface area contributed by atoms with E-state index < -0.39 is 14.2 Å². The molecule has 2 aromatic rings. The van der Waals surface area contributed by atoms with E-state index in [-0.39, 0.29) is 6.42 Å². The van der Waals surface area contributed by atoms with Gasteiger partial charge in [0.15, 0.2) is 4.33 Å². The van der Waals surface area contributed by atoms with Crippen LogP contribution in [0.3, 0.4) is 0 Å². The normalized spacial score (nSPS) is 14.5. The quantitative estimate of drug-likeness (QED) is 0.615. The topological polar surface area (TPSA) is 19.9 Å². The van der Waals surface area contributed by atoms with Crippen molar-refractivity contribution in [2.75, 3.05) is 0 Å². The summed E-state index contributed by atoms with van der Waals surface area (Å²) in [6.45, 7) is 0. The number of benzene rings is 2. The third-order valence-corrected chi connectivity index (χ3v) is 5.60. The molecule has 0 saturated carbocycles. The van der Waals surface area contributed by atoms with Crippen LogP contribution in [0.4, 0.5) is 0 Å². The van der Waals surface area contributed by atoms with Gasteiger partial charge in [-0.05, 0) is 16.3 Å². The highest BCUT2D eigenvalue weighted by molar-refractivity contribution is 6.75. The Morgan fingerprint density at radius 2 is 1.50 bits per heavy atom. The van der Waals surface area contributed by atoms with Gasteiger partial charge in [0.2, 0.25) is 3.79 Å². The van der Waals surface area contributed by atoms with E-state index in [0.29, 0.717) is 0 Å². The predicted octanol–water partition coefficient (Wildman–Crippen LogP) is 5.73. The second kappa shape index (κ2) is 6.08. The number of hydrogen-bond acceptors (Lipinski definition) is 0. The fraction of sp³-hybridized carbons (Fsp3) is 0.286. The lowest BCUT2D eigenvalue weighted by molar-refractivity contribution is 0.0753. The maximum Gasteiger partial charge on any atom is 0.225 e. The van der Waals surface area contributed by atoms with Crippen molar-refractivity contribution >= 4 is 68.8 Å². The van der Waals surface area contributed by atoms with Crippen molar-refractivity contribution in [1.82, 2.24) is 0 Å². The van der Waals surface area contributed by atoms with Crippen molar-refractivity contribution in [2.45, 2.75) is 20.7 Å². The van der Waals surface area contributed by atoms with Crippen molar-refractivity contribution in [1.29, 1.82) is 0 Å². The molecule has 0 aliphatic carbocycles. The average Bonchev–Trinajstić information content (AvgIpc) is 2.37. The Hall–Kier alpha value is 0.110. The molecule has 6 heteroatoms. The molecule has 0 heterocycles. The summed E-state index contributed by atoms with van der Waals surface area (Å²) in [5.74, 6) is 0. The van der Waals surface area contributed by atoms with Crippen molar-refractivity contribution in [3.05, 3.63) is 48.0 Å². The lowest BCUT2D eigenvalue weighted by Crippen LogP contribution is -2.43. The number of halogens is 5. The summed E-state index contributed by atoms with van der Waals surface area (Å²) >= 11 is 28.9. The lowest BCUT2D eigenvalue weighted by atomic mass is 9.99. The summed E-state index contributed by atoms with van der Waals surface area (Å²) in [6.07, 6.45) is -1.40. The number of fused-ring (bicyclic) bond motifs is 1. The minimum Gasteiger partial charge on any atom is -0.229 e. The molecule has 2 aromatic carbocycles. The first-order valence-corrected chi connectivity index (χ1v) is 7.69. The fourth-order valence-corrected chi connectivity index (χ4v) is 2.50. The Bertz CT molecular complexity index is 601. The van der Waals surface area contributed by atoms with Gasteiger partial charge in [-0.3, -0.25) is 0 Å². The standard InChI is InChI=1S/C14H10Cl5O/c15-13(16,14(17,18)19)12(20)8-10-6-3-5-9-4-1-2-7-11(9)10/h1-7,12H,8H2. The highest BCUT2D eigenvalue weighted by atomic mass is 35.6. The summed E-state index contributed by atoms with van der Waals surface area (Å²) in [4.78, 5) is 0. The Morgan fingerprint density at radius 1 is 0.900 bits per heavy atom. The number of alkyl halides is 5. The molecule has 0 aliphatic heterocycles. The van der Waals surface area contributed by atoms with Crippen LogP contribution in [0.2, 0.25) is 0 Å². The molecular formula is C14H10Cl5O. The summed E-state index contributed by atoms with van der Waals surface area (Å²) in [6, 6.07) is 13.4. The highest BCUT2D eigenvalue weighted by Gasteiger charge is 2.52. The average molecular weight is 371 g/mol. The Kier molecular flexibility index (Phi) is 5.01. The molecule has 0 fully saturated rings. The molecule has 1 radical (unpaired) electrons. The molecule has 0 saturated heterocycles. The van der Waals surface area contributed by atoms with Crippen molar-refractivity contribution in [3.63, 3.8) is 0 Å². The zero-order chi connectivity index (χ0) is 15.0. The van der Waals surface area contributed by atoms with E-state index in [1.54, 1.807) is 0 Å². The maximum absolute atomic E-state index is 12.3. The fourth-order valence-electron chi connectivity index (χ4n) is 1.98. The summed E-state index contributed by atoms with van der Waals surface area (Å²) in [5, 5.41) is 14.3. The van der Waals surface area contributed by atoms with Gasteiger partial charge in [-0.15, -0.1) is 0 Å². The first-order valence-electron chi connectivity index (χ1n) is 5.80. The van der Waals surface area contributed by atoms with Crippen LogP contribution in [0.15, 0.2) is 42.5 Å². The van der Waals surface area contributed by atoms with Gasteiger partial charge in [0, 0.05) is 6.42 Å². The molecule has 1 nitrogen and oxygen atoms in total. The van der Waals surface area contributed by atoms with Crippen LogP contribution in [0, 0.1) is 0 Å². The van der Waals surface area contributed by atoms with Gasteiger partial charge < -0.3 is 0 Å². The van der Waals surface area contributed by atoms with Gasteiger partial charge in [0.1, 0.15) is 6.10 Å². The predicted molar refractivity (Wildman–Crippen MR) is 86.9 cm³/mol. The molecule has 0 bridgehead atoms. The Morgan fingerprint density at radius 3 is 2.15 bits per heavy atom. The van der Waals surface area contributed by atoms with E-state index in [0.717, 1.165) is 16.3 Å². The zero-order valence-corrected chi connectivity index (χ0v) is 13.9. The van der Waals surface area contributed by atoms with Crippen LogP contribution >= 0.6 is 58.0 Å². The first-order chi connectivity index (χ1) is 9.23. The minimum atomic E-state index is -2.05. The molecular weight excluding hydrogens is 361 g/mol. The van der Waals surface area contributed by atoms with Gasteiger partial charge in [-0.2, -0.15) is 0 Å². The zero-order valence-electron chi connectivity index (χ0n) is 10.1. The molecule has 0 amide bonds. The van der Waals surface area contributed by atoms with Gasteiger partial charge in [-0.25, -0.2) is 5.11 Å². The molecule has 107 valence electrons. The van der Waals surface area contributed by atoms with Crippen LogP contribution in [0.25, 0.3) is 10.8 Å². The van der Waals surface area contributed by atoms with E-state index in [2.05, 4.69) is 0 Å². The van der Waals surface area contributed by atoms with Gasteiger partial charge in [0.05, 0.1) is 0 Å². The van der Waals surface area contributed by atoms with Gasteiger partial charge >= 0.3 is 0 Å². The second-order valence-electron chi connectivity index (χ2n) is 4.45. The number of rotatable bonds is 3. The van der Waals surface area contributed by atoms with Crippen LogP contribution < -0.4 is 0 Å². The SMILES string of the molecule is [O]C(Cc1cccc2ccccc12)C(Cl)(Cl)C(Cl)(Cl)Cl. The highest BCUT2D eigenvalue weighted by Crippen LogP contribution is 2.48. The lowest BCUT2D eigenvalue weighted by Gasteiger charge is -2.30. The minimum absolute atomic E-state index is 0.0717. The van der Waals surface area contributed by atoms with Crippen LogP contribution in [0.1, 0.15) is 5.56 Å². The maximum atomic E-state index is 12.3. The van der Waals surface area contributed by atoms with E-state index in [9.17, 15) is 5.11 Å². The largest absolute Gasteiger partial charge is 0.229 e. The van der Waals surface area contributed by atoms with Crippen molar-refractivity contribution in [3.8, 4) is 0 Å². The molecule has 0 spiro atoms. The molecule has 1 unspecified atom stereocenters. The van der Waals surface area contributed by atoms with Gasteiger partial charge in [-0.1, -0.05) is 100 Å². The van der Waals surface area contributed by atoms with E-state index >= 15 is 0 Å². The van der Waals surface area contributed by atoms with Crippen LogP contribution in [0.5, 0.6) is 0 Å². The summed E-state index contributed by atoms with van der Waals surface area (Å²) in [5.41, 5.74) is 0.822. The van der Waals surface area contributed by atoms with Crippen molar-refractivity contribution in [2.24, 2.45) is 0 Å². The summed E-state index contributed by atoms with van der Waals surface area (Å²) < 4.78 is -4.05. The third-order valence-electron chi connectivity index (χ3n) is 3.07. The van der Waals surface area contributed by atoms with Crippen LogP contribution in [-0.4, -0.2) is 14.2 Å². The number of hydrogen-bond donors (Lipinski definition) is 0. The first kappa shape index (κ1) is 16.5. The van der Waals surface area contributed by atoms with Gasteiger partial charge in [0.25, 0.3) is 0 Å². The molecule has 20 heavy (non-hydrogen) atoms. The Labute approximate surface area is 142 Å². The van der Waals surface area contributed by atoms with E-state index in [1.165, 1.54) is 0 Å². The Balaban J connectivity index is 2.33. The van der Waals surface area contributed by atoms with E-state index in [1.807, 2.05) is 42.5 Å². The molecule has 0 aromatic heterocycles. The van der Waals surface area contributed by atoms with E-state index in [4.69, 9.17) is 58.0 Å². The molecule has 2 rings (SSSR count). The molecule has 0 N–H and O–H groups in total. The van der Waals surface area contributed by atoms with Crippen LogP contribution in [-0.2, 0) is 11.5 Å². The molecule has 0 aliphatic rings. The molecule has 1 atom stereocenters. The van der Waals surface area contributed by atoms with Crippen molar-refractivity contribution < 1.29 is 5.11 Å². The smallest absolute Gasteiger partial charge is 0.225 e. The second-order valence-corrected chi connectivity index (χ2v) is 8.12. The summed E-state index contributed by atoms with van der Waals surface area (Å²) in [7, 11) is 0. The third kappa shape index (κ3) is 3.30. The monoisotopic (exact) mass is 369 g/mol.